The van der Waals surface area contributed by atoms with E-state index >= 15 is 0 Å². The van der Waals surface area contributed by atoms with Crippen LogP contribution in [0, 0.1) is 11.3 Å². The van der Waals surface area contributed by atoms with Crippen molar-refractivity contribution in [1.82, 2.24) is 9.13 Å². The molecule has 0 saturated heterocycles. The zero-order valence-electron chi connectivity index (χ0n) is 31.3. The molecule has 8 aromatic carbocycles. The van der Waals surface area contributed by atoms with Crippen LogP contribution in [0.25, 0.3) is 77.4 Å². The van der Waals surface area contributed by atoms with Gasteiger partial charge >= 0.3 is 0 Å². The number of nitrogens with zero attached hydrogens (tertiary/aromatic N) is 3. The highest BCUT2D eigenvalue weighted by molar-refractivity contribution is 6.12. The molecule has 3 aromatic heterocycles. The van der Waals surface area contributed by atoms with Crippen molar-refractivity contribution in [2.24, 2.45) is 0 Å². The first-order valence-electron chi connectivity index (χ1n) is 19.7. The zero-order valence-corrected chi connectivity index (χ0v) is 31.3. The Morgan fingerprint density at radius 1 is 0.431 bits per heavy atom. The summed E-state index contributed by atoms with van der Waals surface area (Å²) in [6.07, 6.45) is 1.95. The van der Waals surface area contributed by atoms with Gasteiger partial charge in [0.15, 0.2) is 0 Å². The van der Waals surface area contributed by atoms with Crippen molar-refractivity contribution in [2.75, 3.05) is 0 Å². The van der Waals surface area contributed by atoms with Gasteiger partial charge in [0.2, 0.25) is 5.88 Å². The lowest BCUT2D eigenvalue weighted by Gasteiger charge is -2.34. The van der Waals surface area contributed by atoms with Gasteiger partial charge in [0, 0.05) is 27.1 Å². The molecular formula is C54H33N3O. The van der Waals surface area contributed by atoms with Crippen LogP contribution in [0.2, 0.25) is 0 Å². The van der Waals surface area contributed by atoms with Gasteiger partial charge in [-0.1, -0.05) is 152 Å². The molecule has 11 aromatic rings. The molecule has 0 saturated carbocycles. The molecule has 0 spiro atoms. The van der Waals surface area contributed by atoms with E-state index in [2.05, 4.69) is 203 Å². The third kappa shape index (κ3) is 4.33. The van der Waals surface area contributed by atoms with Crippen LogP contribution >= 0.6 is 0 Å². The minimum atomic E-state index is -0.678. The van der Waals surface area contributed by atoms with Gasteiger partial charge in [0.25, 0.3) is 0 Å². The van der Waals surface area contributed by atoms with Gasteiger partial charge in [-0.05, 0) is 81.4 Å². The standard InChI is InChI=1S/C54H33N3O/c55-33-35-27-29-39-40-30-28-36(32-47(40)54(46(39)31-35,37-15-3-1-4-16-37)38-17-5-2-6-18-38)45-34-58-53(57-50-25-13-9-21-43(50)44-22-10-14-26-51(44)57)52(45)56-48-23-11-7-19-41(48)42-20-8-12-24-49(42)56/h1-32,34H. The number of fused-ring (bicyclic) bond motifs is 9. The number of furan rings is 1. The van der Waals surface area contributed by atoms with E-state index in [0.717, 1.165) is 72.6 Å². The molecule has 0 aliphatic heterocycles. The lowest BCUT2D eigenvalue weighted by atomic mass is 9.67. The second-order valence-corrected chi connectivity index (χ2v) is 15.2. The molecule has 0 fully saturated rings. The minimum Gasteiger partial charge on any atom is -0.445 e. The molecule has 1 aliphatic rings. The van der Waals surface area contributed by atoms with E-state index in [1.807, 2.05) is 12.3 Å². The fourth-order valence-corrected chi connectivity index (χ4v) is 9.95. The van der Waals surface area contributed by atoms with Gasteiger partial charge in [0.05, 0.1) is 39.1 Å². The van der Waals surface area contributed by atoms with Crippen LogP contribution in [-0.2, 0) is 5.41 Å². The smallest absolute Gasteiger partial charge is 0.229 e. The fraction of sp³-hybridized carbons (Fsp3) is 0.0185. The molecule has 270 valence electrons. The van der Waals surface area contributed by atoms with E-state index in [9.17, 15) is 5.26 Å². The summed E-state index contributed by atoms with van der Waals surface area (Å²) in [6, 6.07) is 71.5. The van der Waals surface area contributed by atoms with Gasteiger partial charge in [0.1, 0.15) is 12.0 Å². The Morgan fingerprint density at radius 3 is 1.40 bits per heavy atom. The normalized spacial score (nSPS) is 12.9. The SMILES string of the molecule is N#Cc1ccc2c(c1)C(c1ccccc1)(c1ccccc1)c1cc(-c3coc(-n4c5ccccc5c5ccccc54)c3-n3c4ccccc4c4ccccc43)ccc1-2. The van der Waals surface area contributed by atoms with Gasteiger partial charge in [-0.2, -0.15) is 5.26 Å². The molecule has 3 heterocycles. The molecule has 0 unspecified atom stereocenters. The first-order valence-corrected chi connectivity index (χ1v) is 19.7. The molecule has 0 amide bonds. The third-order valence-electron chi connectivity index (χ3n) is 12.3. The molecule has 12 rings (SSSR count). The van der Waals surface area contributed by atoms with Crippen molar-refractivity contribution >= 4 is 43.6 Å². The number of hydrogen-bond donors (Lipinski definition) is 0. The van der Waals surface area contributed by atoms with Crippen LogP contribution in [-0.4, -0.2) is 9.13 Å². The van der Waals surface area contributed by atoms with Gasteiger partial charge in [-0.3, -0.25) is 4.57 Å². The zero-order chi connectivity index (χ0) is 38.4. The third-order valence-corrected chi connectivity index (χ3v) is 12.3. The molecule has 0 N–H and O–H groups in total. The summed E-state index contributed by atoms with van der Waals surface area (Å²) >= 11 is 0. The van der Waals surface area contributed by atoms with E-state index in [0.29, 0.717) is 5.56 Å². The molecule has 1 aliphatic carbocycles. The lowest BCUT2D eigenvalue weighted by molar-refractivity contribution is 0.545. The predicted molar refractivity (Wildman–Crippen MR) is 235 cm³/mol. The number of para-hydroxylation sites is 4. The molecule has 4 heteroatoms. The second-order valence-electron chi connectivity index (χ2n) is 15.2. The average molecular weight is 740 g/mol. The van der Waals surface area contributed by atoms with Gasteiger partial charge in [-0.15, -0.1) is 0 Å². The maximum atomic E-state index is 10.2. The molecule has 0 atom stereocenters. The summed E-state index contributed by atoms with van der Waals surface area (Å²) in [6.45, 7) is 0. The average Bonchev–Trinajstić information content (AvgIpc) is 4.03. The summed E-state index contributed by atoms with van der Waals surface area (Å²) in [5, 5.41) is 14.9. The van der Waals surface area contributed by atoms with E-state index in [-0.39, 0.29) is 0 Å². The van der Waals surface area contributed by atoms with Crippen LogP contribution in [0.3, 0.4) is 0 Å². The number of nitriles is 1. The molecule has 58 heavy (non-hydrogen) atoms. The second kappa shape index (κ2) is 12.3. The van der Waals surface area contributed by atoms with Crippen LogP contribution in [0.5, 0.6) is 0 Å². The van der Waals surface area contributed by atoms with Crippen molar-refractivity contribution in [1.29, 1.82) is 5.26 Å². The Labute approximate surface area is 334 Å². The van der Waals surface area contributed by atoms with Crippen molar-refractivity contribution in [3.8, 4) is 39.9 Å². The minimum absolute atomic E-state index is 0.641. The topological polar surface area (TPSA) is 46.8 Å². The number of hydrogen-bond acceptors (Lipinski definition) is 2. The Bertz CT molecular complexity index is 3320. The summed E-state index contributed by atoms with van der Waals surface area (Å²) in [4.78, 5) is 0. The van der Waals surface area contributed by atoms with Gasteiger partial charge < -0.3 is 8.98 Å². The van der Waals surface area contributed by atoms with E-state index in [1.165, 1.54) is 27.1 Å². The van der Waals surface area contributed by atoms with Crippen molar-refractivity contribution < 1.29 is 4.42 Å². The lowest BCUT2D eigenvalue weighted by Crippen LogP contribution is -2.28. The maximum absolute atomic E-state index is 10.2. The van der Waals surface area contributed by atoms with E-state index in [4.69, 9.17) is 4.42 Å². The van der Waals surface area contributed by atoms with E-state index in [1.54, 1.807) is 0 Å². The highest BCUT2D eigenvalue weighted by Gasteiger charge is 2.46. The van der Waals surface area contributed by atoms with Gasteiger partial charge in [-0.25, -0.2) is 0 Å². The van der Waals surface area contributed by atoms with Crippen molar-refractivity contribution in [2.45, 2.75) is 5.41 Å². The first-order chi connectivity index (χ1) is 28.8. The Morgan fingerprint density at radius 2 is 0.879 bits per heavy atom. The summed E-state index contributed by atoms with van der Waals surface area (Å²) < 4.78 is 11.7. The molecule has 4 nitrogen and oxygen atoms in total. The summed E-state index contributed by atoms with van der Waals surface area (Å²) in [5.41, 5.74) is 14.2. The predicted octanol–water partition coefficient (Wildman–Crippen LogP) is 13.4. The van der Waals surface area contributed by atoms with E-state index < -0.39 is 5.41 Å². The fourth-order valence-electron chi connectivity index (χ4n) is 9.95. The Balaban J connectivity index is 1.21. The Kier molecular flexibility index (Phi) is 6.88. The van der Waals surface area contributed by atoms with Crippen molar-refractivity contribution in [3.63, 3.8) is 0 Å². The number of rotatable bonds is 5. The molecular weight excluding hydrogens is 707 g/mol. The monoisotopic (exact) mass is 739 g/mol. The highest BCUT2D eigenvalue weighted by Crippen LogP contribution is 2.57. The highest BCUT2D eigenvalue weighted by atomic mass is 16.3. The number of aromatic nitrogens is 2. The quantitative estimate of drug-likeness (QED) is 0.176. The van der Waals surface area contributed by atoms with Crippen LogP contribution < -0.4 is 0 Å². The van der Waals surface area contributed by atoms with Crippen LogP contribution in [0.4, 0.5) is 0 Å². The summed E-state index contributed by atoms with van der Waals surface area (Å²) in [5.74, 6) is 0.749. The van der Waals surface area contributed by atoms with Crippen LogP contribution in [0.1, 0.15) is 27.8 Å². The number of benzene rings is 8. The molecule has 0 bridgehead atoms. The summed E-state index contributed by atoms with van der Waals surface area (Å²) in [7, 11) is 0. The Hall–Kier alpha value is -7.87. The maximum Gasteiger partial charge on any atom is 0.229 e. The first kappa shape index (κ1) is 32.4. The molecule has 0 radical (unpaired) electrons. The van der Waals surface area contributed by atoms with Crippen molar-refractivity contribution in [3.05, 3.63) is 228 Å². The van der Waals surface area contributed by atoms with Crippen LogP contribution in [0.15, 0.2) is 205 Å². The largest absolute Gasteiger partial charge is 0.445 e.